The molecule has 1 aromatic heterocycles. The van der Waals surface area contributed by atoms with E-state index in [1.807, 2.05) is 30.3 Å². The summed E-state index contributed by atoms with van der Waals surface area (Å²) in [6.45, 7) is 0.423. The molecular formula is C16H16ClN2O3-. The topological polar surface area (TPSA) is 68.3 Å². The smallest absolute Gasteiger partial charge is 0.310 e. The Morgan fingerprint density at radius 1 is 1.09 bits per heavy atom. The Morgan fingerprint density at radius 2 is 1.86 bits per heavy atom. The van der Waals surface area contributed by atoms with E-state index in [1.54, 1.807) is 18.3 Å². The summed E-state index contributed by atoms with van der Waals surface area (Å²) in [5.74, 6) is -0.543. The fourth-order valence-corrected chi connectivity index (χ4v) is 1.74. The third-order valence-electron chi connectivity index (χ3n) is 2.77. The van der Waals surface area contributed by atoms with Crippen molar-refractivity contribution in [1.29, 1.82) is 0 Å². The van der Waals surface area contributed by atoms with Crippen molar-refractivity contribution in [3.05, 3.63) is 66.0 Å². The normalized spacial score (nSPS) is 9.45. The summed E-state index contributed by atoms with van der Waals surface area (Å²) in [5, 5.41) is 2.66. The lowest BCUT2D eigenvalue weighted by Gasteiger charge is -2.06. The van der Waals surface area contributed by atoms with E-state index >= 15 is 0 Å². The van der Waals surface area contributed by atoms with Gasteiger partial charge in [0.15, 0.2) is 0 Å². The van der Waals surface area contributed by atoms with Crippen LogP contribution in [0.5, 0.6) is 0 Å². The lowest BCUT2D eigenvalue weighted by Crippen LogP contribution is -3.00. The highest BCUT2D eigenvalue weighted by Gasteiger charge is 2.06. The predicted octanol–water partition coefficient (Wildman–Crippen LogP) is -1.40. The minimum Gasteiger partial charge on any atom is -1.00 e. The zero-order valence-electron chi connectivity index (χ0n) is 11.9. The van der Waals surface area contributed by atoms with Crippen molar-refractivity contribution in [2.24, 2.45) is 0 Å². The van der Waals surface area contributed by atoms with Crippen molar-refractivity contribution in [3.8, 4) is 0 Å². The van der Waals surface area contributed by atoms with Crippen LogP contribution in [0.2, 0.25) is 0 Å². The highest BCUT2D eigenvalue weighted by atomic mass is 35.5. The van der Waals surface area contributed by atoms with Gasteiger partial charge in [0.2, 0.25) is 0 Å². The molecule has 0 aliphatic rings. The fraction of sp³-hybridized carbons (Fsp3) is 0.188. The van der Waals surface area contributed by atoms with Crippen LogP contribution in [-0.2, 0) is 16.0 Å². The van der Waals surface area contributed by atoms with Crippen LogP contribution in [0, 0.1) is 0 Å². The molecule has 1 N–H and O–H groups in total. The molecule has 1 amide bonds. The van der Waals surface area contributed by atoms with Gasteiger partial charge >= 0.3 is 5.97 Å². The number of carbonyl (C=O) groups is 2. The Balaban J connectivity index is 0.00000242. The number of hydrogen-bond donors (Lipinski definition) is 1. The largest absolute Gasteiger partial charge is 1.00 e. The molecule has 0 saturated carbocycles. The zero-order chi connectivity index (χ0) is 14.9. The van der Waals surface area contributed by atoms with Gasteiger partial charge in [0, 0.05) is 12.4 Å². The van der Waals surface area contributed by atoms with Crippen molar-refractivity contribution in [1.82, 2.24) is 10.3 Å². The molecule has 0 aliphatic carbocycles. The predicted molar refractivity (Wildman–Crippen MR) is 77.7 cm³/mol. The average molecular weight is 320 g/mol. The number of aromatic nitrogens is 1. The highest BCUT2D eigenvalue weighted by molar-refractivity contribution is 5.93. The first-order valence-corrected chi connectivity index (χ1v) is 6.63. The molecule has 6 heteroatoms. The molecule has 1 heterocycles. The first-order chi connectivity index (χ1) is 10.3. The molecule has 0 radical (unpaired) electrons. The van der Waals surface area contributed by atoms with Crippen LogP contribution >= 0.6 is 0 Å². The monoisotopic (exact) mass is 319 g/mol. The van der Waals surface area contributed by atoms with E-state index in [0.29, 0.717) is 5.56 Å². The quantitative estimate of drug-likeness (QED) is 0.525. The molecular weight excluding hydrogens is 304 g/mol. The van der Waals surface area contributed by atoms with Gasteiger partial charge in [0.05, 0.1) is 18.5 Å². The van der Waals surface area contributed by atoms with Gasteiger partial charge in [-0.2, -0.15) is 0 Å². The lowest BCUT2D eigenvalue weighted by molar-refractivity contribution is -0.142. The third kappa shape index (κ3) is 5.93. The molecule has 22 heavy (non-hydrogen) atoms. The second kappa shape index (κ2) is 9.52. The van der Waals surface area contributed by atoms with Crippen molar-refractivity contribution in [2.45, 2.75) is 6.42 Å². The number of nitrogens with one attached hydrogen (secondary N) is 1. The van der Waals surface area contributed by atoms with E-state index in [9.17, 15) is 9.59 Å². The number of benzene rings is 1. The van der Waals surface area contributed by atoms with Gasteiger partial charge in [-0.25, -0.2) is 0 Å². The summed E-state index contributed by atoms with van der Waals surface area (Å²) in [7, 11) is 0. The van der Waals surface area contributed by atoms with Crippen molar-refractivity contribution in [2.75, 3.05) is 13.2 Å². The molecule has 5 nitrogen and oxygen atoms in total. The molecule has 0 spiro atoms. The Bertz CT molecular complexity index is 591. The molecule has 116 valence electrons. The first-order valence-electron chi connectivity index (χ1n) is 6.63. The standard InChI is InChI=1S/C16H16N2O3.ClH/c19-15(11-13-5-2-1-3-6-13)21-10-9-18-16(20)14-7-4-8-17-12-14;/h1-8,12H,9-11H2,(H,18,20);1H/p-1. The maximum absolute atomic E-state index is 11.7. The van der Waals surface area contributed by atoms with Gasteiger partial charge < -0.3 is 22.5 Å². The van der Waals surface area contributed by atoms with Gasteiger partial charge in [-0.1, -0.05) is 30.3 Å². The third-order valence-corrected chi connectivity index (χ3v) is 2.77. The van der Waals surface area contributed by atoms with Gasteiger partial charge in [0.25, 0.3) is 5.91 Å². The molecule has 0 saturated heterocycles. The number of esters is 1. The van der Waals surface area contributed by atoms with Crippen LogP contribution in [0.15, 0.2) is 54.9 Å². The number of nitrogens with zero attached hydrogens (tertiary/aromatic N) is 1. The molecule has 1 aromatic carbocycles. The van der Waals surface area contributed by atoms with Crippen LogP contribution < -0.4 is 17.7 Å². The van der Waals surface area contributed by atoms with E-state index in [1.165, 1.54) is 6.20 Å². The van der Waals surface area contributed by atoms with Crippen molar-refractivity contribution in [3.63, 3.8) is 0 Å². The average Bonchev–Trinajstić information content (AvgIpc) is 2.53. The Kier molecular flexibility index (Phi) is 7.64. The number of carbonyl (C=O) groups excluding carboxylic acids is 2. The van der Waals surface area contributed by atoms with Crippen LogP contribution in [-0.4, -0.2) is 30.0 Å². The summed E-state index contributed by atoms with van der Waals surface area (Å²) in [5.41, 5.74) is 1.38. The summed E-state index contributed by atoms with van der Waals surface area (Å²) in [4.78, 5) is 27.1. The van der Waals surface area contributed by atoms with Crippen molar-refractivity contribution < 1.29 is 26.7 Å². The molecule has 0 aliphatic heterocycles. The number of amides is 1. The Hall–Kier alpha value is -2.40. The Labute approximate surface area is 135 Å². The zero-order valence-corrected chi connectivity index (χ0v) is 12.6. The molecule has 0 unspecified atom stereocenters. The lowest BCUT2D eigenvalue weighted by atomic mass is 10.2. The summed E-state index contributed by atoms with van der Waals surface area (Å²) >= 11 is 0. The van der Waals surface area contributed by atoms with Crippen LogP contribution in [0.1, 0.15) is 15.9 Å². The van der Waals surface area contributed by atoms with Gasteiger partial charge in [0.1, 0.15) is 6.61 Å². The second-order valence-corrected chi connectivity index (χ2v) is 4.38. The second-order valence-electron chi connectivity index (χ2n) is 4.38. The summed E-state index contributed by atoms with van der Waals surface area (Å²) in [6.07, 6.45) is 3.32. The van der Waals surface area contributed by atoms with E-state index < -0.39 is 0 Å². The number of hydrogen-bond acceptors (Lipinski definition) is 4. The van der Waals surface area contributed by atoms with E-state index in [-0.39, 0.29) is 43.9 Å². The number of halogens is 1. The minimum atomic E-state index is -0.308. The van der Waals surface area contributed by atoms with Crippen LogP contribution in [0.4, 0.5) is 0 Å². The number of rotatable bonds is 6. The van der Waals surface area contributed by atoms with Crippen LogP contribution in [0.25, 0.3) is 0 Å². The van der Waals surface area contributed by atoms with E-state index in [4.69, 9.17) is 4.74 Å². The molecule has 0 fully saturated rings. The SMILES string of the molecule is O=C(Cc1ccccc1)OCCNC(=O)c1cccnc1.[Cl-]. The van der Waals surface area contributed by atoms with E-state index in [0.717, 1.165) is 5.56 Å². The van der Waals surface area contributed by atoms with Gasteiger partial charge in [-0.3, -0.25) is 14.6 Å². The van der Waals surface area contributed by atoms with Crippen molar-refractivity contribution >= 4 is 11.9 Å². The number of ether oxygens (including phenoxy) is 1. The van der Waals surface area contributed by atoms with Gasteiger partial charge in [-0.05, 0) is 17.7 Å². The van der Waals surface area contributed by atoms with Gasteiger partial charge in [-0.15, -0.1) is 0 Å². The maximum Gasteiger partial charge on any atom is 0.310 e. The van der Waals surface area contributed by atoms with Crippen LogP contribution in [0.3, 0.4) is 0 Å². The first kappa shape index (κ1) is 17.7. The molecule has 0 atom stereocenters. The minimum absolute atomic E-state index is 0. The van der Waals surface area contributed by atoms with E-state index in [2.05, 4.69) is 10.3 Å². The fourth-order valence-electron chi connectivity index (χ4n) is 1.74. The maximum atomic E-state index is 11.7. The molecule has 2 rings (SSSR count). The highest BCUT2D eigenvalue weighted by Crippen LogP contribution is 2.00. The Morgan fingerprint density at radius 3 is 2.55 bits per heavy atom. The molecule has 0 bridgehead atoms. The number of pyridine rings is 1. The summed E-state index contributed by atoms with van der Waals surface area (Å²) < 4.78 is 5.06. The molecule has 2 aromatic rings. The summed E-state index contributed by atoms with van der Waals surface area (Å²) in [6, 6.07) is 12.7.